The lowest BCUT2D eigenvalue weighted by Gasteiger charge is -2.25. The number of sulfone groups is 1. The van der Waals surface area contributed by atoms with Crippen molar-refractivity contribution in [1.82, 2.24) is 10.2 Å². The largest absolute Gasteiger partial charge is 0.316 e. The third kappa shape index (κ3) is 2.62. The van der Waals surface area contributed by atoms with E-state index < -0.39 is 9.84 Å². The molecule has 1 aromatic carbocycles. The molecule has 5 heteroatoms. The van der Waals surface area contributed by atoms with Crippen LogP contribution < -0.4 is 5.32 Å². The van der Waals surface area contributed by atoms with Gasteiger partial charge in [-0.3, -0.25) is 4.90 Å². The van der Waals surface area contributed by atoms with Crippen molar-refractivity contribution in [1.29, 1.82) is 0 Å². The molecule has 3 rings (SSSR count). The highest BCUT2D eigenvalue weighted by Crippen LogP contribution is 2.32. The van der Waals surface area contributed by atoms with Crippen LogP contribution in [0.5, 0.6) is 0 Å². The van der Waals surface area contributed by atoms with Crippen LogP contribution >= 0.6 is 0 Å². The first kappa shape index (κ1) is 14.0. The third-order valence-electron chi connectivity index (χ3n) is 4.76. The molecule has 1 N–H and O–H groups in total. The summed E-state index contributed by atoms with van der Waals surface area (Å²) in [6, 6.07) is 7.70. The fraction of sp³-hybridized carbons (Fsp3) is 0.600. The molecule has 2 heterocycles. The Bertz CT molecular complexity index is 570. The van der Waals surface area contributed by atoms with Gasteiger partial charge in [-0.25, -0.2) is 8.42 Å². The molecule has 20 heavy (non-hydrogen) atoms. The molecule has 110 valence electrons. The third-order valence-corrected chi connectivity index (χ3v) is 5.88. The van der Waals surface area contributed by atoms with E-state index in [9.17, 15) is 8.42 Å². The first-order valence-electron chi connectivity index (χ1n) is 7.20. The van der Waals surface area contributed by atoms with Crippen LogP contribution in [-0.4, -0.2) is 45.8 Å². The fourth-order valence-corrected chi connectivity index (χ4v) is 4.04. The average Bonchev–Trinajstić information content (AvgIpc) is 2.97. The Kier molecular flexibility index (Phi) is 3.60. The van der Waals surface area contributed by atoms with E-state index in [1.165, 1.54) is 11.8 Å². The number of fused-ring (bicyclic) bond motifs is 1. The molecule has 2 aliphatic rings. The minimum Gasteiger partial charge on any atom is -0.316 e. The second-order valence-electron chi connectivity index (χ2n) is 6.15. The molecular weight excluding hydrogens is 272 g/mol. The molecule has 2 saturated heterocycles. The maximum Gasteiger partial charge on any atom is 0.175 e. The summed E-state index contributed by atoms with van der Waals surface area (Å²) >= 11 is 0. The summed E-state index contributed by atoms with van der Waals surface area (Å²) in [4.78, 5) is 2.92. The van der Waals surface area contributed by atoms with E-state index in [2.05, 4.69) is 17.1 Å². The van der Waals surface area contributed by atoms with Gasteiger partial charge in [-0.2, -0.15) is 0 Å². The van der Waals surface area contributed by atoms with Crippen LogP contribution in [0.2, 0.25) is 0 Å². The van der Waals surface area contributed by atoms with E-state index in [4.69, 9.17) is 0 Å². The molecule has 0 amide bonds. The summed E-state index contributed by atoms with van der Waals surface area (Å²) in [5, 5.41) is 3.45. The predicted molar refractivity (Wildman–Crippen MR) is 79.4 cm³/mol. The standard InChI is InChI=1S/C15H22N2O2S/c1-11(17-9-13-7-16-8-14(13)10-17)12-3-5-15(6-4-12)20(2,18)19/h3-6,11,13-14,16H,7-10H2,1-2H3. The Morgan fingerprint density at radius 3 is 2.20 bits per heavy atom. The van der Waals surface area contributed by atoms with E-state index in [1.54, 1.807) is 12.1 Å². The van der Waals surface area contributed by atoms with E-state index >= 15 is 0 Å². The van der Waals surface area contributed by atoms with Crippen molar-refractivity contribution < 1.29 is 8.42 Å². The second kappa shape index (κ2) is 5.13. The van der Waals surface area contributed by atoms with Crippen LogP contribution in [0.1, 0.15) is 18.5 Å². The summed E-state index contributed by atoms with van der Waals surface area (Å²) in [6.07, 6.45) is 1.25. The van der Waals surface area contributed by atoms with Gasteiger partial charge in [0.2, 0.25) is 0 Å². The summed E-state index contributed by atoms with van der Waals surface area (Å²) in [7, 11) is -3.10. The highest BCUT2D eigenvalue weighted by atomic mass is 32.2. The van der Waals surface area contributed by atoms with Gasteiger partial charge in [0, 0.05) is 25.4 Å². The topological polar surface area (TPSA) is 49.4 Å². The summed E-state index contributed by atoms with van der Waals surface area (Å²) < 4.78 is 23.0. The summed E-state index contributed by atoms with van der Waals surface area (Å²) in [5.74, 6) is 1.57. The molecule has 4 nitrogen and oxygen atoms in total. The van der Waals surface area contributed by atoms with Crippen molar-refractivity contribution in [3.05, 3.63) is 29.8 Å². The Balaban J connectivity index is 1.73. The number of rotatable bonds is 3. The van der Waals surface area contributed by atoms with Gasteiger partial charge in [-0.1, -0.05) is 12.1 Å². The van der Waals surface area contributed by atoms with Crippen LogP contribution in [0.15, 0.2) is 29.2 Å². The zero-order valence-corrected chi connectivity index (χ0v) is 12.9. The van der Waals surface area contributed by atoms with Gasteiger partial charge in [-0.15, -0.1) is 0 Å². The molecule has 3 unspecified atom stereocenters. The molecule has 2 aliphatic heterocycles. The number of benzene rings is 1. The number of nitrogens with one attached hydrogen (secondary N) is 1. The van der Waals surface area contributed by atoms with Gasteiger partial charge in [0.1, 0.15) is 0 Å². The molecular formula is C15H22N2O2S. The van der Waals surface area contributed by atoms with Crippen LogP contribution in [-0.2, 0) is 9.84 Å². The lowest BCUT2D eigenvalue weighted by molar-refractivity contribution is 0.244. The average molecular weight is 294 g/mol. The van der Waals surface area contributed by atoms with E-state index in [0.29, 0.717) is 10.9 Å². The lowest BCUT2D eigenvalue weighted by atomic mass is 10.0. The smallest absolute Gasteiger partial charge is 0.175 e. The van der Waals surface area contributed by atoms with Gasteiger partial charge in [0.05, 0.1) is 4.90 Å². The second-order valence-corrected chi connectivity index (χ2v) is 8.17. The van der Waals surface area contributed by atoms with Crippen molar-refractivity contribution in [2.45, 2.75) is 17.9 Å². The van der Waals surface area contributed by atoms with Crippen molar-refractivity contribution >= 4 is 9.84 Å². The zero-order valence-electron chi connectivity index (χ0n) is 12.0. The van der Waals surface area contributed by atoms with Gasteiger partial charge < -0.3 is 5.32 Å². The first-order valence-corrected chi connectivity index (χ1v) is 9.09. The van der Waals surface area contributed by atoms with Crippen molar-refractivity contribution in [2.75, 3.05) is 32.4 Å². The van der Waals surface area contributed by atoms with Crippen molar-refractivity contribution in [3.63, 3.8) is 0 Å². The van der Waals surface area contributed by atoms with E-state index in [1.807, 2.05) is 12.1 Å². The summed E-state index contributed by atoms with van der Waals surface area (Å²) in [6.45, 7) is 6.78. The SMILES string of the molecule is CC(c1ccc(S(C)(=O)=O)cc1)N1CC2CNCC2C1. The predicted octanol–water partition coefficient (Wildman–Crippen LogP) is 1.30. The molecule has 0 saturated carbocycles. The van der Waals surface area contributed by atoms with Gasteiger partial charge in [-0.05, 0) is 49.5 Å². The molecule has 0 spiro atoms. The van der Waals surface area contributed by atoms with Crippen molar-refractivity contribution in [2.24, 2.45) is 11.8 Å². The Labute approximate surface area is 121 Å². The monoisotopic (exact) mass is 294 g/mol. The Hall–Kier alpha value is -0.910. The van der Waals surface area contributed by atoms with Crippen LogP contribution in [0.4, 0.5) is 0 Å². The highest BCUT2D eigenvalue weighted by Gasteiger charge is 2.37. The number of nitrogens with zero attached hydrogens (tertiary/aromatic N) is 1. The van der Waals surface area contributed by atoms with Gasteiger partial charge in [0.25, 0.3) is 0 Å². The Morgan fingerprint density at radius 2 is 1.70 bits per heavy atom. The molecule has 2 fully saturated rings. The molecule has 0 bridgehead atoms. The van der Waals surface area contributed by atoms with E-state index in [0.717, 1.165) is 38.0 Å². The highest BCUT2D eigenvalue weighted by molar-refractivity contribution is 7.90. The number of hydrogen-bond donors (Lipinski definition) is 1. The zero-order chi connectivity index (χ0) is 14.3. The minimum absolute atomic E-state index is 0.356. The molecule has 0 aromatic heterocycles. The maximum absolute atomic E-state index is 11.5. The first-order chi connectivity index (χ1) is 9.45. The summed E-state index contributed by atoms with van der Waals surface area (Å²) in [5.41, 5.74) is 1.20. The lowest BCUT2D eigenvalue weighted by Crippen LogP contribution is -2.28. The fourth-order valence-electron chi connectivity index (χ4n) is 3.41. The van der Waals surface area contributed by atoms with Crippen LogP contribution in [0, 0.1) is 11.8 Å². The number of hydrogen-bond acceptors (Lipinski definition) is 4. The minimum atomic E-state index is -3.10. The van der Waals surface area contributed by atoms with Crippen molar-refractivity contribution in [3.8, 4) is 0 Å². The molecule has 1 aromatic rings. The molecule has 0 radical (unpaired) electrons. The maximum atomic E-state index is 11.5. The quantitative estimate of drug-likeness (QED) is 0.913. The van der Waals surface area contributed by atoms with Crippen LogP contribution in [0.3, 0.4) is 0 Å². The molecule has 0 aliphatic carbocycles. The number of likely N-dealkylation sites (tertiary alicyclic amines) is 1. The normalized spacial score (nSPS) is 28.5. The van der Waals surface area contributed by atoms with Gasteiger partial charge in [0.15, 0.2) is 9.84 Å². The van der Waals surface area contributed by atoms with Crippen LogP contribution in [0.25, 0.3) is 0 Å². The Morgan fingerprint density at radius 1 is 1.15 bits per heavy atom. The molecule has 3 atom stereocenters. The van der Waals surface area contributed by atoms with E-state index in [-0.39, 0.29) is 0 Å². The van der Waals surface area contributed by atoms with Gasteiger partial charge >= 0.3 is 0 Å².